The van der Waals surface area contributed by atoms with Crippen LogP contribution >= 0.6 is 15.9 Å². The van der Waals surface area contributed by atoms with Gasteiger partial charge in [-0.25, -0.2) is 0 Å². The first-order valence-corrected chi connectivity index (χ1v) is 5.90. The molecule has 2 rings (SSSR count). The molecule has 0 aliphatic carbocycles. The van der Waals surface area contributed by atoms with Crippen LogP contribution in [0.4, 0.5) is 0 Å². The van der Waals surface area contributed by atoms with Crippen molar-refractivity contribution in [2.24, 2.45) is 0 Å². The Morgan fingerprint density at radius 3 is 2.47 bits per heavy atom. The number of benzene rings is 1. The van der Waals surface area contributed by atoms with Gasteiger partial charge >= 0.3 is 0 Å². The molecule has 1 aromatic heterocycles. The number of hydrogen-bond acceptors (Lipinski definition) is 2. The molecule has 3 nitrogen and oxygen atoms in total. The fraction of sp³-hybridized carbons (Fsp3) is 0.0769. The summed E-state index contributed by atoms with van der Waals surface area (Å²) in [4.78, 5) is 23.3. The highest BCUT2D eigenvalue weighted by Gasteiger charge is 2.06. The van der Waals surface area contributed by atoms with Crippen LogP contribution < -0.4 is 5.56 Å². The van der Waals surface area contributed by atoms with E-state index in [0.29, 0.717) is 5.56 Å². The second-order valence-corrected chi connectivity index (χ2v) is 4.51. The van der Waals surface area contributed by atoms with Crippen LogP contribution in [0.15, 0.2) is 57.9 Å². The lowest BCUT2D eigenvalue weighted by atomic mass is 10.1. The van der Waals surface area contributed by atoms with Crippen molar-refractivity contribution in [1.29, 1.82) is 0 Å². The molecule has 4 heteroatoms. The van der Waals surface area contributed by atoms with Gasteiger partial charge in [0.25, 0.3) is 5.56 Å². The number of carbonyl (C=O) groups is 1. The van der Waals surface area contributed by atoms with Crippen LogP contribution in [0.3, 0.4) is 0 Å². The monoisotopic (exact) mass is 291 g/mol. The standard InChI is InChI=1S/C13H10BrNO2/c14-11-6-4-10(5-7-11)12(16)9-15-8-2-1-3-13(15)17/h1-8H,9H2. The van der Waals surface area contributed by atoms with Crippen molar-refractivity contribution in [2.75, 3.05) is 0 Å². The molecule has 1 heterocycles. The third-order valence-corrected chi connectivity index (χ3v) is 2.91. The molecule has 86 valence electrons. The van der Waals surface area contributed by atoms with Crippen LogP contribution in [-0.4, -0.2) is 10.4 Å². The highest BCUT2D eigenvalue weighted by Crippen LogP contribution is 2.11. The van der Waals surface area contributed by atoms with Crippen LogP contribution in [0, 0.1) is 0 Å². The Labute approximate surface area is 107 Å². The number of carbonyl (C=O) groups excluding carboxylic acids is 1. The summed E-state index contributed by atoms with van der Waals surface area (Å²) in [6, 6.07) is 11.9. The van der Waals surface area contributed by atoms with Crippen molar-refractivity contribution in [1.82, 2.24) is 4.57 Å². The molecule has 0 unspecified atom stereocenters. The zero-order valence-electron chi connectivity index (χ0n) is 8.97. The van der Waals surface area contributed by atoms with Crippen molar-refractivity contribution in [3.05, 3.63) is 69.1 Å². The minimum Gasteiger partial charge on any atom is -0.308 e. The summed E-state index contributed by atoms with van der Waals surface area (Å²) < 4.78 is 2.32. The summed E-state index contributed by atoms with van der Waals surface area (Å²) >= 11 is 3.31. The second kappa shape index (κ2) is 5.10. The van der Waals surface area contributed by atoms with E-state index in [1.807, 2.05) is 0 Å². The molecule has 0 amide bonds. The van der Waals surface area contributed by atoms with Gasteiger partial charge in [0.15, 0.2) is 5.78 Å². The molecule has 0 fully saturated rings. The van der Waals surface area contributed by atoms with E-state index in [0.717, 1.165) is 4.47 Å². The van der Waals surface area contributed by atoms with E-state index in [-0.39, 0.29) is 17.9 Å². The van der Waals surface area contributed by atoms with Gasteiger partial charge in [0.05, 0.1) is 6.54 Å². The minimum absolute atomic E-state index is 0.0707. The molecule has 0 atom stereocenters. The predicted octanol–water partition coefficient (Wildman–Crippen LogP) is 2.49. The molecular formula is C13H10BrNO2. The van der Waals surface area contributed by atoms with Crippen molar-refractivity contribution >= 4 is 21.7 Å². The fourth-order valence-corrected chi connectivity index (χ4v) is 1.74. The normalized spacial score (nSPS) is 10.2. The first-order valence-electron chi connectivity index (χ1n) is 5.11. The zero-order valence-corrected chi connectivity index (χ0v) is 10.6. The van der Waals surface area contributed by atoms with Crippen LogP contribution in [0.5, 0.6) is 0 Å². The van der Waals surface area contributed by atoms with Crippen molar-refractivity contribution in [3.63, 3.8) is 0 Å². The van der Waals surface area contributed by atoms with Crippen LogP contribution in [-0.2, 0) is 6.54 Å². The molecule has 0 aliphatic heterocycles. The molecule has 0 N–H and O–H groups in total. The third-order valence-electron chi connectivity index (χ3n) is 2.38. The van der Waals surface area contributed by atoms with Gasteiger partial charge in [0, 0.05) is 22.3 Å². The Kier molecular flexibility index (Phi) is 3.54. The van der Waals surface area contributed by atoms with Crippen molar-refractivity contribution in [2.45, 2.75) is 6.54 Å². The number of pyridine rings is 1. The van der Waals surface area contributed by atoms with E-state index in [2.05, 4.69) is 15.9 Å². The lowest BCUT2D eigenvalue weighted by Crippen LogP contribution is -2.22. The summed E-state index contributed by atoms with van der Waals surface area (Å²) in [6.45, 7) is 0.0707. The summed E-state index contributed by atoms with van der Waals surface area (Å²) in [5.41, 5.74) is 0.432. The number of aromatic nitrogens is 1. The van der Waals surface area contributed by atoms with Gasteiger partial charge in [-0.3, -0.25) is 9.59 Å². The van der Waals surface area contributed by atoms with Crippen LogP contribution in [0.25, 0.3) is 0 Å². The van der Waals surface area contributed by atoms with Crippen LogP contribution in [0.2, 0.25) is 0 Å². The first kappa shape index (κ1) is 11.8. The fourth-order valence-electron chi connectivity index (χ4n) is 1.47. The van der Waals surface area contributed by atoms with Gasteiger partial charge < -0.3 is 4.57 Å². The summed E-state index contributed by atoms with van der Waals surface area (Å²) in [7, 11) is 0. The Morgan fingerprint density at radius 2 is 1.82 bits per heavy atom. The first-order chi connectivity index (χ1) is 8.16. The maximum absolute atomic E-state index is 11.9. The molecule has 1 aromatic carbocycles. The predicted molar refractivity (Wildman–Crippen MR) is 69.2 cm³/mol. The van der Waals surface area contributed by atoms with E-state index in [1.54, 1.807) is 42.6 Å². The maximum atomic E-state index is 11.9. The number of hydrogen-bond donors (Lipinski definition) is 0. The number of nitrogens with zero attached hydrogens (tertiary/aromatic N) is 1. The quantitative estimate of drug-likeness (QED) is 0.815. The second-order valence-electron chi connectivity index (χ2n) is 3.60. The zero-order chi connectivity index (χ0) is 12.3. The van der Waals surface area contributed by atoms with E-state index in [1.165, 1.54) is 10.6 Å². The smallest absolute Gasteiger partial charge is 0.250 e. The Morgan fingerprint density at radius 1 is 1.12 bits per heavy atom. The topological polar surface area (TPSA) is 39.1 Å². The van der Waals surface area contributed by atoms with Gasteiger partial charge in [-0.05, 0) is 18.2 Å². The molecule has 0 aliphatic rings. The van der Waals surface area contributed by atoms with E-state index in [9.17, 15) is 9.59 Å². The average molecular weight is 292 g/mol. The SMILES string of the molecule is O=C(Cn1ccccc1=O)c1ccc(Br)cc1. The molecule has 0 radical (unpaired) electrons. The molecule has 0 saturated carbocycles. The van der Waals surface area contributed by atoms with Gasteiger partial charge in [-0.2, -0.15) is 0 Å². The van der Waals surface area contributed by atoms with E-state index >= 15 is 0 Å². The number of Topliss-reactive ketones (excluding diaryl/α,β-unsaturated/α-hetero) is 1. The van der Waals surface area contributed by atoms with Gasteiger partial charge in [-0.15, -0.1) is 0 Å². The number of rotatable bonds is 3. The van der Waals surface area contributed by atoms with Gasteiger partial charge in [0.2, 0.25) is 0 Å². The Hall–Kier alpha value is -1.68. The summed E-state index contributed by atoms with van der Waals surface area (Å²) in [6.07, 6.45) is 1.61. The largest absolute Gasteiger partial charge is 0.308 e. The Balaban J connectivity index is 2.20. The van der Waals surface area contributed by atoms with Crippen molar-refractivity contribution in [3.8, 4) is 0 Å². The highest BCUT2D eigenvalue weighted by atomic mass is 79.9. The molecule has 17 heavy (non-hydrogen) atoms. The summed E-state index contributed by atoms with van der Waals surface area (Å²) in [5, 5.41) is 0. The molecular weight excluding hydrogens is 282 g/mol. The van der Waals surface area contributed by atoms with Gasteiger partial charge in [-0.1, -0.05) is 34.1 Å². The van der Waals surface area contributed by atoms with Crippen LogP contribution in [0.1, 0.15) is 10.4 Å². The van der Waals surface area contributed by atoms with Gasteiger partial charge in [0.1, 0.15) is 0 Å². The Bertz CT molecular complexity index is 587. The van der Waals surface area contributed by atoms with Crippen molar-refractivity contribution < 1.29 is 4.79 Å². The number of ketones is 1. The molecule has 0 saturated heterocycles. The number of halogens is 1. The molecule has 0 bridgehead atoms. The minimum atomic E-state index is -0.169. The van der Waals surface area contributed by atoms with E-state index in [4.69, 9.17) is 0 Å². The highest BCUT2D eigenvalue weighted by molar-refractivity contribution is 9.10. The summed E-state index contributed by atoms with van der Waals surface area (Å²) in [5.74, 6) is -0.0780. The maximum Gasteiger partial charge on any atom is 0.250 e. The average Bonchev–Trinajstić information content (AvgIpc) is 2.33. The van der Waals surface area contributed by atoms with E-state index < -0.39 is 0 Å². The lowest BCUT2D eigenvalue weighted by molar-refractivity contribution is 0.0971. The molecule has 0 spiro atoms. The lowest BCUT2D eigenvalue weighted by Gasteiger charge is -2.04. The molecule has 2 aromatic rings. The third kappa shape index (κ3) is 2.91.